The molecular weight excluding hydrogens is 200 g/mol. The number of para-hydroxylation sites is 1. The maximum atomic E-state index is 5.62. The third kappa shape index (κ3) is 1.65. The fourth-order valence-corrected chi connectivity index (χ4v) is 2.08. The van der Waals surface area contributed by atoms with Gasteiger partial charge in [-0.15, -0.1) is 0 Å². The fourth-order valence-electron chi connectivity index (χ4n) is 2.08. The second kappa shape index (κ2) is 3.93. The quantitative estimate of drug-likeness (QED) is 0.831. The molecule has 1 aliphatic heterocycles. The molecule has 1 aliphatic rings. The maximum absolute atomic E-state index is 5.62. The summed E-state index contributed by atoms with van der Waals surface area (Å²) in [5, 5.41) is 0. The van der Waals surface area contributed by atoms with Crippen LogP contribution < -0.4 is 10.2 Å². The van der Waals surface area contributed by atoms with E-state index in [0.29, 0.717) is 6.04 Å². The summed E-state index contributed by atoms with van der Waals surface area (Å²) in [5.41, 5.74) is 4.69. The average Bonchev–Trinajstić information content (AvgIpc) is 2.82. The van der Waals surface area contributed by atoms with E-state index in [9.17, 15) is 0 Å². The Morgan fingerprint density at radius 3 is 2.81 bits per heavy atom. The minimum Gasteiger partial charge on any atom is -0.493 e. The lowest BCUT2D eigenvalue weighted by molar-refractivity contribution is 0.270. The zero-order valence-corrected chi connectivity index (χ0v) is 8.97. The first kappa shape index (κ1) is 9.33. The predicted molar refractivity (Wildman–Crippen MR) is 63.1 cm³/mol. The molecule has 1 aromatic heterocycles. The van der Waals surface area contributed by atoms with Gasteiger partial charge in [0.2, 0.25) is 0 Å². The molecule has 0 bridgehead atoms. The summed E-state index contributed by atoms with van der Waals surface area (Å²) in [7, 11) is 0. The second-order valence-electron chi connectivity index (χ2n) is 3.95. The molecular formula is C13H14N2O. The third-order valence-corrected chi connectivity index (χ3v) is 2.87. The van der Waals surface area contributed by atoms with Crippen molar-refractivity contribution in [1.29, 1.82) is 0 Å². The SMILES string of the molecule is c1ccc2c(c1)OCCC2Nn1cccc1. The van der Waals surface area contributed by atoms with Crippen LogP contribution in [0.1, 0.15) is 18.0 Å². The fraction of sp³-hybridized carbons (Fsp3) is 0.231. The molecule has 82 valence electrons. The summed E-state index contributed by atoms with van der Waals surface area (Å²) in [5.74, 6) is 0.999. The lowest BCUT2D eigenvalue weighted by atomic mass is 10.0. The van der Waals surface area contributed by atoms with E-state index < -0.39 is 0 Å². The molecule has 0 radical (unpaired) electrons. The minimum absolute atomic E-state index is 0.331. The molecule has 0 amide bonds. The molecule has 0 saturated heterocycles. The van der Waals surface area contributed by atoms with Gasteiger partial charge < -0.3 is 10.2 Å². The Hall–Kier alpha value is -1.90. The van der Waals surface area contributed by atoms with Crippen molar-refractivity contribution in [2.75, 3.05) is 12.0 Å². The van der Waals surface area contributed by atoms with Gasteiger partial charge in [0.25, 0.3) is 0 Å². The Kier molecular flexibility index (Phi) is 2.29. The number of hydrogen-bond acceptors (Lipinski definition) is 2. The van der Waals surface area contributed by atoms with Crippen LogP contribution in [-0.4, -0.2) is 11.3 Å². The van der Waals surface area contributed by atoms with Crippen LogP contribution in [0.25, 0.3) is 0 Å². The van der Waals surface area contributed by atoms with Crippen molar-refractivity contribution in [2.24, 2.45) is 0 Å². The summed E-state index contributed by atoms with van der Waals surface area (Å²) in [6.45, 7) is 0.774. The van der Waals surface area contributed by atoms with Crippen molar-refractivity contribution in [1.82, 2.24) is 4.68 Å². The largest absolute Gasteiger partial charge is 0.493 e. The van der Waals surface area contributed by atoms with Crippen molar-refractivity contribution in [3.63, 3.8) is 0 Å². The monoisotopic (exact) mass is 214 g/mol. The lowest BCUT2D eigenvalue weighted by Crippen LogP contribution is -2.25. The summed E-state index contributed by atoms with van der Waals surface area (Å²) in [6.07, 6.45) is 5.02. The molecule has 1 atom stereocenters. The molecule has 2 aromatic rings. The highest BCUT2D eigenvalue weighted by Gasteiger charge is 2.20. The second-order valence-corrected chi connectivity index (χ2v) is 3.95. The van der Waals surface area contributed by atoms with Crippen LogP contribution in [0.15, 0.2) is 48.8 Å². The molecule has 0 aliphatic carbocycles. The molecule has 0 saturated carbocycles. The minimum atomic E-state index is 0.331. The zero-order valence-electron chi connectivity index (χ0n) is 8.97. The molecule has 1 N–H and O–H groups in total. The van der Waals surface area contributed by atoms with Gasteiger partial charge >= 0.3 is 0 Å². The number of benzene rings is 1. The normalized spacial score (nSPS) is 18.6. The van der Waals surface area contributed by atoms with Crippen LogP contribution in [-0.2, 0) is 0 Å². The Labute approximate surface area is 94.6 Å². The molecule has 1 aromatic carbocycles. The predicted octanol–water partition coefficient (Wildman–Crippen LogP) is 2.56. The van der Waals surface area contributed by atoms with Crippen molar-refractivity contribution >= 4 is 0 Å². The topological polar surface area (TPSA) is 26.2 Å². The van der Waals surface area contributed by atoms with Crippen LogP contribution in [0, 0.1) is 0 Å². The van der Waals surface area contributed by atoms with Crippen LogP contribution >= 0.6 is 0 Å². The molecule has 0 spiro atoms. The van der Waals surface area contributed by atoms with Gasteiger partial charge in [-0.05, 0) is 18.2 Å². The standard InChI is InChI=1S/C13H14N2O/c1-2-6-13-11(5-1)12(7-10-16-13)14-15-8-3-4-9-15/h1-6,8-9,12,14H,7,10H2. The Balaban J connectivity index is 1.87. The van der Waals surface area contributed by atoms with Crippen LogP contribution in [0.2, 0.25) is 0 Å². The molecule has 2 heterocycles. The van der Waals surface area contributed by atoms with E-state index in [4.69, 9.17) is 4.74 Å². The van der Waals surface area contributed by atoms with Crippen LogP contribution in [0.5, 0.6) is 5.75 Å². The first-order valence-electron chi connectivity index (χ1n) is 5.55. The number of nitrogens with one attached hydrogen (secondary N) is 1. The molecule has 0 fully saturated rings. The van der Waals surface area contributed by atoms with Gasteiger partial charge in [0.15, 0.2) is 0 Å². The highest BCUT2D eigenvalue weighted by molar-refractivity contribution is 5.38. The first-order chi connectivity index (χ1) is 7.93. The number of fused-ring (bicyclic) bond motifs is 1. The zero-order chi connectivity index (χ0) is 10.8. The molecule has 3 heteroatoms. The van der Waals surface area contributed by atoms with Gasteiger partial charge in [-0.1, -0.05) is 18.2 Å². The number of nitrogens with zero attached hydrogens (tertiary/aromatic N) is 1. The molecule has 3 nitrogen and oxygen atoms in total. The summed E-state index contributed by atoms with van der Waals surface area (Å²) < 4.78 is 7.62. The van der Waals surface area contributed by atoms with Crippen molar-refractivity contribution in [3.05, 3.63) is 54.4 Å². The van der Waals surface area contributed by atoms with Crippen LogP contribution in [0.4, 0.5) is 0 Å². The van der Waals surface area contributed by atoms with Gasteiger partial charge in [0.05, 0.1) is 12.6 Å². The lowest BCUT2D eigenvalue weighted by Gasteiger charge is -2.27. The molecule has 1 unspecified atom stereocenters. The van der Waals surface area contributed by atoms with Gasteiger partial charge in [0, 0.05) is 24.4 Å². The van der Waals surface area contributed by atoms with E-state index in [1.165, 1.54) is 5.56 Å². The first-order valence-corrected chi connectivity index (χ1v) is 5.55. The van der Waals surface area contributed by atoms with Crippen LogP contribution in [0.3, 0.4) is 0 Å². The van der Waals surface area contributed by atoms with Gasteiger partial charge in [-0.3, -0.25) is 4.68 Å². The van der Waals surface area contributed by atoms with Crippen molar-refractivity contribution in [3.8, 4) is 5.75 Å². The maximum Gasteiger partial charge on any atom is 0.124 e. The number of ether oxygens (including phenoxy) is 1. The number of aromatic nitrogens is 1. The van der Waals surface area contributed by atoms with E-state index in [0.717, 1.165) is 18.8 Å². The molecule has 16 heavy (non-hydrogen) atoms. The Morgan fingerprint density at radius 1 is 1.12 bits per heavy atom. The smallest absolute Gasteiger partial charge is 0.124 e. The Bertz CT molecular complexity index is 465. The van der Waals surface area contributed by atoms with Crippen molar-refractivity contribution < 1.29 is 4.74 Å². The van der Waals surface area contributed by atoms with E-state index in [2.05, 4.69) is 17.6 Å². The van der Waals surface area contributed by atoms with E-state index in [-0.39, 0.29) is 0 Å². The summed E-state index contributed by atoms with van der Waals surface area (Å²) in [6, 6.07) is 12.6. The van der Waals surface area contributed by atoms with Gasteiger partial charge in [-0.2, -0.15) is 0 Å². The summed E-state index contributed by atoms with van der Waals surface area (Å²) >= 11 is 0. The van der Waals surface area contributed by atoms with E-state index in [1.807, 2.05) is 41.3 Å². The summed E-state index contributed by atoms with van der Waals surface area (Å²) in [4.78, 5) is 0. The van der Waals surface area contributed by atoms with E-state index >= 15 is 0 Å². The van der Waals surface area contributed by atoms with E-state index in [1.54, 1.807) is 0 Å². The highest BCUT2D eigenvalue weighted by Crippen LogP contribution is 2.31. The average molecular weight is 214 g/mol. The van der Waals surface area contributed by atoms with Gasteiger partial charge in [-0.25, -0.2) is 0 Å². The molecule has 3 rings (SSSR count). The Morgan fingerprint density at radius 2 is 1.94 bits per heavy atom. The number of rotatable bonds is 2. The van der Waals surface area contributed by atoms with Crippen molar-refractivity contribution in [2.45, 2.75) is 12.5 Å². The highest BCUT2D eigenvalue weighted by atomic mass is 16.5. The van der Waals surface area contributed by atoms with Gasteiger partial charge in [0.1, 0.15) is 5.75 Å². The number of hydrogen-bond donors (Lipinski definition) is 1. The third-order valence-electron chi connectivity index (χ3n) is 2.87.